The second-order valence-corrected chi connectivity index (χ2v) is 7.21. The lowest BCUT2D eigenvalue weighted by Gasteiger charge is -2.25. The second-order valence-electron chi connectivity index (χ2n) is 6.37. The van der Waals surface area contributed by atoms with Gasteiger partial charge in [-0.25, -0.2) is 9.78 Å². The van der Waals surface area contributed by atoms with Crippen LogP contribution in [0.1, 0.15) is 41.5 Å². The number of hydrogen-bond donors (Lipinski definition) is 2. The highest BCUT2D eigenvalue weighted by Gasteiger charge is 2.32. The minimum atomic E-state index is -0.0306. The summed E-state index contributed by atoms with van der Waals surface area (Å²) in [5.74, 6) is 0. The molecule has 1 aliphatic heterocycles. The maximum Gasteiger partial charge on any atom is 0.318 e. The van der Waals surface area contributed by atoms with E-state index >= 15 is 0 Å². The van der Waals surface area contributed by atoms with Crippen LogP contribution in [0.15, 0.2) is 5.38 Å². The molecule has 0 radical (unpaired) electrons. The van der Waals surface area contributed by atoms with E-state index in [1.165, 1.54) is 0 Å². The number of aryl methyl sites for hydroxylation is 2. The standard InChI is InChI=1S/C16H24N6OS/c1-10-14(11(2)20-19-10)13-6-5-7-22(13)15(23)17-8-12-9-24-16(18-12)21(3)4/h9,13H,5-8H2,1-4H3,(H,17,23)(H,19,20)/t13-/m1/s1. The third-order valence-electron chi connectivity index (χ3n) is 4.37. The first-order chi connectivity index (χ1) is 11.5. The van der Waals surface area contributed by atoms with Crippen molar-refractivity contribution in [1.82, 2.24) is 25.4 Å². The van der Waals surface area contributed by atoms with Crippen molar-refractivity contribution in [2.75, 3.05) is 25.5 Å². The van der Waals surface area contributed by atoms with Gasteiger partial charge in [0, 0.05) is 37.3 Å². The number of thiazole rings is 1. The minimum absolute atomic E-state index is 0.0306. The van der Waals surface area contributed by atoms with E-state index in [2.05, 4.69) is 20.5 Å². The van der Waals surface area contributed by atoms with Gasteiger partial charge in [0.1, 0.15) is 0 Å². The van der Waals surface area contributed by atoms with Gasteiger partial charge < -0.3 is 15.1 Å². The fourth-order valence-corrected chi connectivity index (χ4v) is 3.97. The number of anilines is 1. The fraction of sp³-hybridized carbons (Fsp3) is 0.562. The number of carbonyl (C=O) groups is 1. The highest BCUT2D eigenvalue weighted by atomic mass is 32.1. The van der Waals surface area contributed by atoms with Crippen LogP contribution in [0, 0.1) is 13.8 Å². The molecule has 0 bridgehead atoms. The smallest absolute Gasteiger partial charge is 0.318 e. The number of nitrogens with zero attached hydrogens (tertiary/aromatic N) is 4. The first-order valence-electron chi connectivity index (χ1n) is 8.15. The van der Waals surface area contributed by atoms with Crippen LogP contribution in [0.2, 0.25) is 0 Å². The largest absolute Gasteiger partial charge is 0.354 e. The second kappa shape index (κ2) is 6.80. The van der Waals surface area contributed by atoms with Gasteiger partial charge in [-0.3, -0.25) is 5.10 Å². The molecule has 2 aromatic rings. The lowest BCUT2D eigenvalue weighted by atomic mass is 10.0. The zero-order valence-electron chi connectivity index (χ0n) is 14.6. The van der Waals surface area contributed by atoms with E-state index in [4.69, 9.17) is 0 Å². The molecule has 2 amide bonds. The van der Waals surface area contributed by atoms with Crippen LogP contribution < -0.4 is 10.2 Å². The molecule has 1 aliphatic rings. The number of carbonyl (C=O) groups excluding carboxylic acids is 1. The number of aromatic nitrogens is 3. The number of likely N-dealkylation sites (tertiary alicyclic amines) is 1. The topological polar surface area (TPSA) is 77.2 Å². The van der Waals surface area contributed by atoms with E-state index in [0.717, 1.165) is 47.2 Å². The highest BCUT2D eigenvalue weighted by molar-refractivity contribution is 7.13. The van der Waals surface area contributed by atoms with Crippen molar-refractivity contribution < 1.29 is 4.79 Å². The molecule has 0 aliphatic carbocycles. The molecule has 24 heavy (non-hydrogen) atoms. The van der Waals surface area contributed by atoms with Gasteiger partial charge in [-0.2, -0.15) is 5.10 Å². The van der Waals surface area contributed by atoms with Gasteiger partial charge in [0.2, 0.25) is 0 Å². The van der Waals surface area contributed by atoms with Crippen LogP contribution in [0.5, 0.6) is 0 Å². The lowest BCUT2D eigenvalue weighted by molar-refractivity contribution is 0.192. The van der Waals surface area contributed by atoms with Gasteiger partial charge >= 0.3 is 6.03 Å². The van der Waals surface area contributed by atoms with Crippen LogP contribution in [0.25, 0.3) is 0 Å². The molecule has 0 unspecified atom stereocenters. The number of urea groups is 1. The van der Waals surface area contributed by atoms with Crippen molar-refractivity contribution in [3.8, 4) is 0 Å². The number of aromatic amines is 1. The minimum Gasteiger partial charge on any atom is -0.354 e. The summed E-state index contributed by atoms with van der Waals surface area (Å²) in [6.45, 7) is 5.24. The Balaban J connectivity index is 1.65. The highest BCUT2D eigenvalue weighted by Crippen LogP contribution is 2.34. The molecular weight excluding hydrogens is 324 g/mol. The lowest BCUT2D eigenvalue weighted by Crippen LogP contribution is -2.39. The Morgan fingerprint density at radius 2 is 2.29 bits per heavy atom. The van der Waals surface area contributed by atoms with Gasteiger partial charge in [-0.1, -0.05) is 0 Å². The molecule has 0 aromatic carbocycles. The maximum atomic E-state index is 12.6. The normalized spacial score (nSPS) is 17.3. The Hall–Kier alpha value is -2.09. The van der Waals surface area contributed by atoms with Gasteiger partial charge in [-0.05, 0) is 26.7 Å². The molecule has 2 aromatic heterocycles. The van der Waals surface area contributed by atoms with Crippen molar-refractivity contribution in [3.05, 3.63) is 28.0 Å². The quantitative estimate of drug-likeness (QED) is 0.890. The van der Waals surface area contributed by atoms with E-state index < -0.39 is 0 Å². The molecule has 8 heteroatoms. The van der Waals surface area contributed by atoms with E-state index in [1.807, 2.05) is 43.1 Å². The molecule has 1 saturated heterocycles. The predicted octanol–water partition coefficient (Wildman–Crippen LogP) is 2.60. The summed E-state index contributed by atoms with van der Waals surface area (Å²) in [5, 5.41) is 13.2. The van der Waals surface area contributed by atoms with Crippen molar-refractivity contribution >= 4 is 22.5 Å². The van der Waals surface area contributed by atoms with Crippen LogP contribution >= 0.6 is 11.3 Å². The Bertz CT molecular complexity index is 702. The molecular formula is C16H24N6OS. The summed E-state index contributed by atoms with van der Waals surface area (Å²) in [4.78, 5) is 21.0. The van der Waals surface area contributed by atoms with Crippen LogP contribution in [-0.2, 0) is 6.54 Å². The average molecular weight is 348 g/mol. The molecule has 130 valence electrons. The average Bonchev–Trinajstić information content (AvgIpc) is 3.25. The van der Waals surface area contributed by atoms with Crippen molar-refractivity contribution in [2.24, 2.45) is 0 Å². The third-order valence-corrected chi connectivity index (χ3v) is 5.43. The Kier molecular flexibility index (Phi) is 4.75. The predicted molar refractivity (Wildman–Crippen MR) is 95.4 cm³/mol. The van der Waals surface area contributed by atoms with Crippen molar-refractivity contribution in [3.63, 3.8) is 0 Å². The van der Waals surface area contributed by atoms with Gasteiger partial charge in [-0.15, -0.1) is 11.3 Å². The van der Waals surface area contributed by atoms with E-state index in [0.29, 0.717) is 6.54 Å². The first-order valence-corrected chi connectivity index (χ1v) is 9.03. The number of hydrogen-bond acceptors (Lipinski definition) is 5. The number of amides is 2. The zero-order valence-corrected chi connectivity index (χ0v) is 15.4. The molecule has 0 saturated carbocycles. The summed E-state index contributed by atoms with van der Waals surface area (Å²) >= 11 is 1.58. The Labute approximate surface area is 146 Å². The monoisotopic (exact) mass is 348 g/mol. The van der Waals surface area contributed by atoms with E-state index in [9.17, 15) is 4.79 Å². The van der Waals surface area contributed by atoms with Crippen LogP contribution in [0.3, 0.4) is 0 Å². The van der Waals surface area contributed by atoms with E-state index in [1.54, 1.807) is 11.3 Å². The summed E-state index contributed by atoms with van der Waals surface area (Å²) < 4.78 is 0. The number of H-pyrrole nitrogens is 1. The zero-order chi connectivity index (χ0) is 17.3. The Morgan fingerprint density at radius 1 is 1.50 bits per heavy atom. The maximum absolute atomic E-state index is 12.6. The molecule has 3 rings (SSSR count). The molecule has 3 heterocycles. The van der Waals surface area contributed by atoms with Gasteiger partial charge in [0.15, 0.2) is 5.13 Å². The summed E-state index contributed by atoms with van der Waals surface area (Å²) in [6.07, 6.45) is 2.00. The molecule has 0 spiro atoms. The Morgan fingerprint density at radius 3 is 2.92 bits per heavy atom. The van der Waals surface area contributed by atoms with E-state index in [-0.39, 0.29) is 12.1 Å². The van der Waals surface area contributed by atoms with Crippen molar-refractivity contribution in [2.45, 2.75) is 39.3 Å². The third kappa shape index (κ3) is 3.24. The van der Waals surface area contributed by atoms with Crippen LogP contribution in [-0.4, -0.2) is 46.8 Å². The van der Waals surface area contributed by atoms with Crippen molar-refractivity contribution in [1.29, 1.82) is 0 Å². The fourth-order valence-electron chi connectivity index (χ4n) is 3.21. The number of nitrogens with one attached hydrogen (secondary N) is 2. The van der Waals surface area contributed by atoms with Crippen LogP contribution in [0.4, 0.5) is 9.93 Å². The van der Waals surface area contributed by atoms with Gasteiger partial charge in [0.25, 0.3) is 0 Å². The summed E-state index contributed by atoms with van der Waals surface area (Å²) in [6, 6.07) is 0.0772. The summed E-state index contributed by atoms with van der Waals surface area (Å²) in [5.41, 5.74) is 4.08. The van der Waals surface area contributed by atoms with Gasteiger partial charge in [0.05, 0.1) is 24.0 Å². The molecule has 2 N–H and O–H groups in total. The molecule has 1 atom stereocenters. The molecule has 1 fully saturated rings. The molecule has 7 nitrogen and oxygen atoms in total. The summed E-state index contributed by atoms with van der Waals surface area (Å²) in [7, 11) is 3.93. The number of rotatable bonds is 4. The first kappa shape index (κ1) is 16.8. The SMILES string of the molecule is Cc1n[nH]c(C)c1[C@H]1CCCN1C(=O)NCc1csc(N(C)C)n1.